The first-order valence-corrected chi connectivity index (χ1v) is 8.58. The Bertz CT molecular complexity index is 305. The summed E-state index contributed by atoms with van der Waals surface area (Å²) >= 11 is 0. The molecule has 1 aromatic carbocycles. The van der Waals surface area contributed by atoms with Crippen molar-refractivity contribution >= 4 is 8.32 Å². The Morgan fingerprint density at radius 2 is 1.73 bits per heavy atom. The summed E-state index contributed by atoms with van der Waals surface area (Å²) in [6.07, 6.45) is 0. The van der Waals surface area contributed by atoms with Crippen molar-refractivity contribution in [2.75, 3.05) is 6.54 Å². The maximum Gasteiger partial charge on any atom is 0.242 e. The van der Waals surface area contributed by atoms with Gasteiger partial charge < -0.3 is 15.9 Å². The molecule has 0 aliphatic carbocycles. The van der Waals surface area contributed by atoms with Crippen LogP contribution in [0.5, 0.6) is 5.75 Å². The molecule has 4 N–H and O–H groups in total. The van der Waals surface area contributed by atoms with Crippen LogP contribution in [0.4, 0.5) is 0 Å². The molecule has 0 spiro atoms. The van der Waals surface area contributed by atoms with Gasteiger partial charge in [0.2, 0.25) is 8.32 Å². The third-order valence-electron chi connectivity index (χ3n) is 1.99. The first-order valence-electron chi connectivity index (χ1n) is 5.17. The number of hydrogen-bond donors (Lipinski definition) is 2. The molecule has 15 heavy (non-hydrogen) atoms. The van der Waals surface area contributed by atoms with E-state index >= 15 is 0 Å². The molecule has 1 aromatic rings. The maximum atomic E-state index is 5.84. The summed E-state index contributed by atoms with van der Waals surface area (Å²) in [7, 11) is -1.51. The van der Waals surface area contributed by atoms with E-state index in [1.54, 1.807) is 0 Å². The molecule has 84 valence electrons. The molecule has 0 radical (unpaired) electrons. The smallest absolute Gasteiger partial charge is 0.242 e. The molecule has 1 atom stereocenters. The van der Waals surface area contributed by atoms with E-state index in [-0.39, 0.29) is 6.04 Å². The highest BCUT2D eigenvalue weighted by molar-refractivity contribution is 6.70. The minimum atomic E-state index is -1.51. The molecular weight excluding hydrogens is 204 g/mol. The standard InChI is InChI=1S/C11H20N2OSi/c1-15(2,3)14-10-6-4-9(5-7-10)11(13)8-12/h4-7,11H,8,12-13H2,1-3H3/t11-/m1/s1. The van der Waals surface area contributed by atoms with Crippen LogP contribution in [0.2, 0.25) is 19.6 Å². The van der Waals surface area contributed by atoms with E-state index in [4.69, 9.17) is 15.9 Å². The Balaban J connectivity index is 2.72. The molecular formula is C11H20N2OSi. The van der Waals surface area contributed by atoms with E-state index in [2.05, 4.69) is 19.6 Å². The van der Waals surface area contributed by atoms with Gasteiger partial charge in [0.25, 0.3) is 0 Å². The molecule has 0 amide bonds. The van der Waals surface area contributed by atoms with Crippen molar-refractivity contribution in [2.45, 2.75) is 25.7 Å². The monoisotopic (exact) mass is 224 g/mol. The zero-order valence-electron chi connectivity index (χ0n) is 9.66. The summed E-state index contributed by atoms with van der Waals surface area (Å²) in [6, 6.07) is 7.80. The van der Waals surface area contributed by atoms with Crippen molar-refractivity contribution in [3.8, 4) is 5.75 Å². The molecule has 0 aliphatic rings. The highest BCUT2D eigenvalue weighted by Gasteiger charge is 2.16. The molecule has 3 nitrogen and oxygen atoms in total. The van der Waals surface area contributed by atoms with E-state index in [1.165, 1.54) is 0 Å². The van der Waals surface area contributed by atoms with Gasteiger partial charge >= 0.3 is 0 Å². The van der Waals surface area contributed by atoms with Crippen LogP contribution in [-0.2, 0) is 0 Å². The van der Waals surface area contributed by atoms with Gasteiger partial charge in [0.15, 0.2) is 0 Å². The van der Waals surface area contributed by atoms with Crippen LogP contribution in [-0.4, -0.2) is 14.9 Å². The molecule has 0 saturated carbocycles. The number of rotatable bonds is 4. The number of nitrogens with two attached hydrogens (primary N) is 2. The van der Waals surface area contributed by atoms with Crippen LogP contribution >= 0.6 is 0 Å². The molecule has 0 aromatic heterocycles. The molecule has 0 aliphatic heterocycles. The quantitative estimate of drug-likeness (QED) is 0.767. The van der Waals surface area contributed by atoms with Gasteiger partial charge in [-0.05, 0) is 37.3 Å². The highest BCUT2D eigenvalue weighted by atomic mass is 28.4. The fourth-order valence-electron chi connectivity index (χ4n) is 1.27. The van der Waals surface area contributed by atoms with Crippen molar-refractivity contribution in [2.24, 2.45) is 11.5 Å². The van der Waals surface area contributed by atoms with Gasteiger partial charge in [-0.1, -0.05) is 12.1 Å². The fourth-order valence-corrected chi connectivity index (χ4v) is 2.12. The van der Waals surface area contributed by atoms with Crippen LogP contribution < -0.4 is 15.9 Å². The minimum Gasteiger partial charge on any atom is -0.544 e. The van der Waals surface area contributed by atoms with Crippen LogP contribution in [0.1, 0.15) is 11.6 Å². The molecule has 0 saturated heterocycles. The second-order valence-corrected chi connectivity index (χ2v) is 9.05. The SMILES string of the molecule is C[Si](C)(C)Oc1ccc([C@H](N)CN)cc1. The van der Waals surface area contributed by atoms with Crippen molar-refractivity contribution in [1.29, 1.82) is 0 Å². The summed E-state index contributed by atoms with van der Waals surface area (Å²) < 4.78 is 5.84. The molecule has 4 heteroatoms. The maximum absolute atomic E-state index is 5.84. The topological polar surface area (TPSA) is 61.3 Å². The van der Waals surface area contributed by atoms with Gasteiger partial charge in [0.1, 0.15) is 5.75 Å². The Morgan fingerprint density at radius 3 is 2.13 bits per heavy atom. The summed E-state index contributed by atoms with van der Waals surface area (Å²) in [5.41, 5.74) is 12.4. The average molecular weight is 224 g/mol. The molecule has 0 bridgehead atoms. The van der Waals surface area contributed by atoms with Gasteiger partial charge in [0, 0.05) is 12.6 Å². The third-order valence-corrected chi connectivity index (χ3v) is 2.83. The van der Waals surface area contributed by atoms with Crippen LogP contribution in [0.25, 0.3) is 0 Å². The van der Waals surface area contributed by atoms with Crippen molar-refractivity contribution in [3.05, 3.63) is 29.8 Å². The van der Waals surface area contributed by atoms with Crippen LogP contribution in [0, 0.1) is 0 Å². The zero-order valence-corrected chi connectivity index (χ0v) is 10.7. The predicted molar refractivity (Wildman–Crippen MR) is 66.4 cm³/mol. The van der Waals surface area contributed by atoms with Gasteiger partial charge in [-0.3, -0.25) is 0 Å². The summed E-state index contributed by atoms with van der Waals surface area (Å²) in [5, 5.41) is 0. The van der Waals surface area contributed by atoms with E-state index in [0.29, 0.717) is 6.54 Å². The van der Waals surface area contributed by atoms with E-state index in [1.807, 2.05) is 24.3 Å². The van der Waals surface area contributed by atoms with E-state index < -0.39 is 8.32 Å². The Labute approximate surface area is 92.6 Å². The van der Waals surface area contributed by atoms with Crippen molar-refractivity contribution in [1.82, 2.24) is 0 Å². The first-order chi connectivity index (χ1) is 6.92. The Kier molecular flexibility index (Phi) is 3.90. The minimum absolute atomic E-state index is 0.0778. The van der Waals surface area contributed by atoms with Gasteiger partial charge in [-0.2, -0.15) is 0 Å². The predicted octanol–water partition coefficient (Wildman–Crippen LogP) is 1.86. The van der Waals surface area contributed by atoms with Crippen molar-refractivity contribution < 1.29 is 4.43 Å². The van der Waals surface area contributed by atoms with Crippen LogP contribution in [0.15, 0.2) is 24.3 Å². The fraction of sp³-hybridized carbons (Fsp3) is 0.455. The lowest BCUT2D eigenvalue weighted by atomic mass is 10.1. The highest BCUT2D eigenvalue weighted by Crippen LogP contribution is 2.18. The summed E-state index contributed by atoms with van der Waals surface area (Å²) in [5.74, 6) is 0.919. The molecule has 0 fully saturated rings. The lowest BCUT2D eigenvalue weighted by molar-refractivity contribution is 0.557. The van der Waals surface area contributed by atoms with E-state index in [0.717, 1.165) is 11.3 Å². The average Bonchev–Trinajstić information content (AvgIpc) is 2.15. The van der Waals surface area contributed by atoms with Gasteiger partial charge in [0.05, 0.1) is 0 Å². The van der Waals surface area contributed by atoms with E-state index in [9.17, 15) is 0 Å². The molecule has 0 unspecified atom stereocenters. The van der Waals surface area contributed by atoms with Crippen LogP contribution in [0.3, 0.4) is 0 Å². The number of benzene rings is 1. The second-order valence-electron chi connectivity index (χ2n) is 4.63. The normalized spacial score (nSPS) is 13.7. The molecule has 1 rings (SSSR count). The largest absolute Gasteiger partial charge is 0.544 e. The zero-order chi connectivity index (χ0) is 11.5. The summed E-state index contributed by atoms with van der Waals surface area (Å²) in [6.45, 7) is 6.94. The van der Waals surface area contributed by atoms with Crippen molar-refractivity contribution in [3.63, 3.8) is 0 Å². The molecule has 0 heterocycles. The second kappa shape index (κ2) is 4.79. The first kappa shape index (κ1) is 12.2. The lowest BCUT2D eigenvalue weighted by Gasteiger charge is -2.19. The summed E-state index contributed by atoms with van der Waals surface area (Å²) in [4.78, 5) is 0. The van der Waals surface area contributed by atoms with Gasteiger partial charge in [-0.25, -0.2) is 0 Å². The third kappa shape index (κ3) is 4.03. The Hall–Kier alpha value is -0.843. The van der Waals surface area contributed by atoms with Gasteiger partial charge in [-0.15, -0.1) is 0 Å². The number of hydrogen-bond acceptors (Lipinski definition) is 3. The Morgan fingerprint density at radius 1 is 1.20 bits per heavy atom. The lowest BCUT2D eigenvalue weighted by Crippen LogP contribution is -2.29.